The largest absolute Gasteiger partial charge is 0.490 e. The molecule has 1 rings (SSSR count). The van der Waals surface area contributed by atoms with E-state index in [1.807, 2.05) is 0 Å². The van der Waals surface area contributed by atoms with E-state index in [0.717, 1.165) is 0 Å². The first kappa shape index (κ1) is 11.9. The summed E-state index contributed by atoms with van der Waals surface area (Å²) in [5.41, 5.74) is 0.249. The Kier molecular flexibility index (Phi) is 5.07. The van der Waals surface area contributed by atoms with Crippen molar-refractivity contribution >= 4 is 0 Å². The fourth-order valence-electron chi connectivity index (χ4n) is 1.18. The number of rotatable bonds is 6. The molecule has 0 spiro atoms. The van der Waals surface area contributed by atoms with Crippen molar-refractivity contribution in [1.82, 2.24) is 0 Å². The molecule has 0 aliphatic carbocycles. The number of aliphatic hydroxyl groups is 1. The molecule has 0 heterocycles. The van der Waals surface area contributed by atoms with Crippen molar-refractivity contribution in [2.24, 2.45) is 0 Å². The molecule has 15 heavy (non-hydrogen) atoms. The smallest absolute Gasteiger partial charge is 0.170 e. The maximum Gasteiger partial charge on any atom is 0.170 e. The molecule has 0 saturated carbocycles. The zero-order valence-electron chi connectivity index (χ0n) is 8.70. The summed E-state index contributed by atoms with van der Waals surface area (Å²) in [5, 5.41) is 8.84. The van der Waals surface area contributed by atoms with Gasteiger partial charge < -0.3 is 14.6 Å². The van der Waals surface area contributed by atoms with Gasteiger partial charge in [0.2, 0.25) is 0 Å². The average molecular weight is 214 g/mol. The third-order valence-corrected chi connectivity index (χ3v) is 1.96. The van der Waals surface area contributed by atoms with E-state index in [1.165, 1.54) is 6.07 Å². The van der Waals surface area contributed by atoms with E-state index in [9.17, 15) is 4.39 Å². The molecule has 0 atom stereocenters. The van der Waals surface area contributed by atoms with Crippen LogP contribution < -0.4 is 4.74 Å². The second-order valence-corrected chi connectivity index (χ2v) is 3.08. The summed E-state index contributed by atoms with van der Waals surface area (Å²) in [6.07, 6.45) is 0.708. The number of benzene rings is 1. The third-order valence-electron chi connectivity index (χ3n) is 1.96. The zero-order valence-corrected chi connectivity index (χ0v) is 8.70. The molecule has 0 fully saturated rings. The van der Waals surface area contributed by atoms with Crippen molar-refractivity contribution in [1.29, 1.82) is 0 Å². The van der Waals surface area contributed by atoms with Crippen LogP contribution in [0.15, 0.2) is 18.2 Å². The highest BCUT2D eigenvalue weighted by atomic mass is 19.1. The van der Waals surface area contributed by atoms with E-state index >= 15 is 0 Å². The summed E-state index contributed by atoms with van der Waals surface area (Å²) in [7, 11) is 1.60. The van der Waals surface area contributed by atoms with Gasteiger partial charge in [0, 0.05) is 25.7 Å². The van der Waals surface area contributed by atoms with Crippen molar-refractivity contribution in [2.75, 3.05) is 20.3 Å². The molecule has 4 heteroatoms. The highest BCUT2D eigenvalue weighted by Crippen LogP contribution is 2.20. The Morgan fingerprint density at radius 3 is 2.80 bits per heavy atom. The SMILES string of the molecule is COCCCOc1cccc(CO)c1F. The maximum absolute atomic E-state index is 13.5. The lowest BCUT2D eigenvalue weighted by Gasteiger charge is -2.08. The Hall–Kier alpha value is -1.13. The molecule has 0 aliphatic rings. The number of aliphatic hydroxyl groups excluding tert-OH is 1. The normalized spacial score (nSPS) is 10.3. The van der Waals surface area contributed by atoms with Crippen LogP contribution in [-0.2, 0) is 11.3 Å². The molecule has 84 valence electrons. The maximum atomic E-state index is 13.5. The van der Waals surface area contributed by atoms with Gasteiger partial charge in [0.1, 0.15) is 0 Å². The summed E-state index contributed by atoms with van der Waals surface area (Å²) in [6.45, 7) is 0.669. The minimum atomic E-state index is -0.489. The number of hydrogen-bond acceptors (Lipinski definition) is 3. The number of halogens is 1. The van der Waals surface area contributed by atoms with Gasteiger partial charge in [-0.25, -0.2) is 4.39 Å². The van der Waals surface area contributed by atoms with Crippen LogP contribution >= 0.6 is 0 Å². The quantitative estimate of drug-likeness (QED) is 0.733. The molecule has 0 aromatic heterocycles. The summed E-state index contributed by atoms with van der Waals surface area (Å²) >= 11 is 0. The lowest BCUT2D eigenvalue weighted by atomic mass is 10.2. The van der Waals surface area contributed by atoms with Gasteiger partial charge in [0.05, 0.1) is 13.2 Å². The zero-order chi connectivity index (χ0) is 11.1. The second kappa shape index (κ2) is 6.37. The highest BCUT2D eigenvalue weighted by Gasteiger charge is 2.07. The molecule has 0 unspecified atom stereocenters. The van der Waals surface area contributed by atoms with E-state index in [2.05, 4.69) is 0 Å². The minimum Gasteiger partial charge on any atom is -0.490 e. The van der Waals surface area contributed by atoms with Crippen molar-refractivity contribution < 1.29 is 19.0 Å². The van der Waals surface area contributed by atoms with Crippen LogP contribution in [0, 0.1) is 5.82 Å². The lowest BCUT2D eigenvalue weighted by molar-refractivity contribution is 0.170. The van der Waals surface area contributed by atoms with Crippen LogP contribution in [0.2, 0.25) is 0 Å². The van der Waals surface area contributed by atoms with Gasteiger partial charge in [-0.1, -0.05) is 12.1 Å². The van der Waals surface area contributed by atoms with Crippen molar-refractivity contribution in [3.05, 3.63) is 29.6 Å². The molecule has 1 aromatic rings. The van der Waals surface area contributed by atoms with Gasteiger partial charge in [-0.15, -0.1) is 0 Å². The summed E-state index contributed by atoms with van der Waals surface area (Å²) in [6, 6.07) is 4.72. The molecule has 1 N–H and O–H groups in total. The van der Waals surface area contributed by atoms with Crippen LogP contribution in [0.5, 0.6) is 5.75 Å². The third kappa shape index (κ3) is 3.49. The molecule has 0 saturated heterocycles. The molecule has 0 bridgehead atoms. The Bertz CT molecular complexity index is 302. The van der Waals surface area contributed by atoms with Crippen LogP contribution in [0.1, 0.15) is 12.0 Å². The average Bonchev–Trinajstić information content (AvgIpc) is 2.26. The number of methoxy groups -OCH3 is 1. The first-order chi connectivity index (χ1) is 7.29. The van der Waals surface area contributed by atoms with E-state index in [-0.39, 0.29) is 17.9 Å². The van der Waals surface area contributed by atoms with Crippen molar-refractivity contribution in [3.63, 3.8) is 0 Å². The standard InChI is InChI=1S/C11H15FO3/c1-14-6-3-7-15-10-5-2-4-9(8-13)11(10)12/h2,4-5,13H,3,6-8H2,1H3. The van der Waals surface area contributed by atoms with Gasteiger partial charge in [-0.05, 0) is 6.07 Å². The number of hydrogen-bond donors (Lipinski definition) is 1. The van der Waals surface area contributed by atoms with Crippen molar-refractivity contribution in [3.8, 4) is 5.75 Å². The van der Waals surface area contributed by atoms with Crippen LogP contribution in [0.4, 0.5) is 4.39 Å². The first-order valence-electron chi connectivity index (χ1n) is 4.79. The van der Waals surface area contributed by atoms with E-state index in [4.69, 9.17) is 14.6 Å². The predicted molar refractivity (Wildman–Crippen MR) is 54.3 cm³/mol. The second-order valence-electron chi connectivity index (χ2n) is 3.08. The monoisotopic (exact) mass is 214 g/mol. The Morgan fingerprint density at radius 1 is 1.33 bits per heavy atom. The first-order valence-corrected chi connectivity index (χ1v) is 4.79. The topological polar surface area (TPSA) is 38.7 Å². The molecule has 3 nitrogen and oxygen atoms in total. The molecule has 0 aliphatic heterocycles. The van der Waals surface area contributed by atoms with Gasteiger partial charge in [-0.2, -0.15) is 0 Å². The Morgan fingerprint density at radius 2 is 2.13 bits per heavy atom. The van der Waals surface area contributed by atoms with E-state index in [0.29, 0.717) is 19.6 Å². The van der Waals surface area contributed by atoms with Crippen LogP contribution in [-0.4, -0.2) is 25.4 Å². The Balaban J connectivity index is 2.53. The Labute approximate surface area is 88.4 Å². The fourth-order valence-corrected chi connectivity index (χ4v) is 1.18. The van der Waals surface area contributed by atoms with Gasteiger partial charge in [-0.3, -0.25) is 0 Å². The lowest BCUT2D eigenvalue weighted by Crippen LogP contribution is -2.03. The molecular formula is C11H15FO3. The minimum absolute atomic E-state index is 0.178. The number of ether oxygens (including phenoxy) is 2. The summed E-state index contributed by atoms with van der Waals surface area (Å²) in [5.74, 6) is -0.310. The molecule has 0 amide bonds. The summed E-state index contributed by atoms with van der Waals surface area (Å²) in [4.78, 5) is 0. The molecular weight excluding hydrogens is 199 g/mol. The van der Waals surface area contributed by atoms with Gasteiger partial charge in [0.15, 0.2) is 11.6 Å². The van der Waals surface area contributed by atoms with E-state index < -0.39 is 5.82 Å². The van der Waals surface area contributed by atoms with Gasteiger partial charge in [0.25, 0.3) is 0 Å². The van der Waals surface area contributed by atoms with Crippen LogP contribution in [0.25, 0.3) is 0 Å². The van der Waals surface area contributed by atoms with E-state index in [1.54, 1.807) is 19.2 Å². The van der Waals surface area contributed by atoms with Crippen molar-refractivity contribution in [2.45, 2.75) is 13.0 Å². The molecule has 0 radical (unpaired) electrons. The van der Waals surface area contributed by atoms with Gasteiger partial charge >= 0.3 is 0 Å². The summed E-state index contributed by atoms with van der Waals surface area (Å²) < 4.78 is 23.5. The van der Waals surface area contributed by atoms with Crippen LogP contribution in [0.3, 0.4) is 0 Å². The predicted octanol–water partition coefficient (Wildman–Crippen LogP) is 1.73. The highest BCUT2D eigenvalue weighted by molar-refractivity contribution is 5.30. The fraction of sp³-hybridized carbons (Fsp3) is 0.455. The molecule has 1 aromatic carbocycles.